The lowest BCUT2D eigenvalue weighted by atomic mass is 9.82. The van der Waals surface area contributed by atoms with E-state index in [2.05, 4.69) is 0 Å². The number of carbonyl (C=O) groups excluding carboxylic acids is 2. The van der Waals surface area contributed by atoms with Crippen molar-refractivity contribution in [3.8, 4) is 0 Å². The molecule has 2 nitrogen and oxygen atoms in total. The molecule has 2 aromatic carbocycles. The van der Waals surface area contributed by atoms with Crippen molar-refractivity contribution in [1.82, 2.24) is 0 Å². The molecule has 0 aromatic heterocycles. The van der Waals surface area contributed by atoms with Gasteiger partial charge in [-0.25, -0.2) is 0 Å². The lowest BCUT2D eigenvalue weighted by Crippen LogP contribution is -2.17. The van der Waals surface area contributed by atoms with E-state index in [0.717, 1.165) is 5.56 Å². The van der Waals surface area contributed by atoms with Gasteiger partial charge in [0, 0.05) is 16.0 Å². The molecule has 0 radical (unpaired) electrons. The topological polar surface area (TPSA) is 34.1 Å². The number of aldehydes is 2. The summed E-state index contributed by atoms with van der Waals surface area (Å²) in [5.74, 6) is -1.19. The molecule has 0 aliphatic heterocycles. The Morgan fingerprint density at radius 1 is 0.900 bits per heavy atom. The van der Waals surface area contributed by atoms with Crippen LogP contribution in [0, 0.1) is 5.92 Å². The van der Waals surface area contributed by atoms with Crippen molar-refractivity contribution in [3.63, 3.8) is 0 Å². The Kier molecular flexibility index (Phi) is 4.94. The molecule has 0 aliphatic rings. The van der Waals surface area contributed by atoms with Gasteiger partial charge in [0.15, 0.2) is 0 Å². The summed E-state index contributed by atoms with van der Waals surface area (Å²) in [4.78, 5) is 22.4. The van der Waals surface area contributed by atoms with E-state index < -0.39 is 11.8 Å². The van der Waals surface area contributed by atoms with Crippen LogP contribution in [0.25, 0.3) is 0 Å². The Bertz CT molecular complexity index is 603. The Labute approximate surface area is 127 Å². The second kappa shape index (κ2) is 6.69. The van der Waals surface area contributed by atoms with Gasteiger partial charge in [-0.3, -0.25) is 0 Å². The molecule has 0 aliphatic carbocycles. The van der Waals surface area contributed by atoms with Crippen LogP contribution in [0.3, 0.4) is 0 Å². The number of hydrogen-bond acceptors (Lipinski definition) is 2. The molecule has 0 saturated heterocycles. The third-order valence-electron chi connectivity index (χ3n) is 3.16. The van der Waals surface area contributed by atoms with Gasteiger partial charge in [0.05, 0.1) is 5.92 Å². The maximum Gasteiger partial charge on any atom is 0.131 e. The van der Waals surface area contributed by atoms with Crippen molar-refractivity contribution in [2.45, 2.75) is 5.92 Å². The van der Waals surface area contributed by atoms with E-state index in [0.29, 0.717) is 28.2 Å². The van der Waals surface area contributed by atoms with Crippen molar-refractivity contribution in [1.29, 1.82) is 0 Å². The van der Waals surface area contributed by atoms with E-state index in [9.17, 15) is 9.59 Å². The number of benzene rings is 2. The fourth-order valence-corrected chi connectivity index (χ4v) is 2.74. The molecule has 2 aromatic rings. The molecule has 20 heavy (non-hydrogen) atoms. The highest BCUT2D eigenvalue weighted by molar-refractivity contribution is 6.35. The van der Waals surface area contributed by atoms with Crippen LogP contribution >= 0.6 is 23.2 Å². The predicted molar refractivity (Wildman–Crippen MR) is 80.4 cm³/mol. The lowest BCUT2D eigenvalue weighted by Gasteiger charge is -2.21. The molecule has 1 unspecified atom stereocenters. The van der Waals surface area contributed by atoms with E-state index in [1.165, 1.54) is 0 Å². The first kappa shape index (κ1) is 14.8. The monoisotopic (exact) mass is 306 g/mol. The Balaban J connectivity index is 2.57. The number of carbonyl (C=O) groups is 2. The van der Waals surface area contributed by atoms with Crippen LogP contribution in [0.4, 0.5) is 0 Å². The van der Waals surface area contributed by atoms with Crippen LogP contribution in [-0.4, -0.2) is 12.6 Å². The minimum atomic E-state index is -0.781. The average Bonchev–Trinajstić information content (AvgIpc) is 2.47. The molecule has 0 bridgehead atoms. The summed E-state index contributed by atoms with van der Waals surface area (Å²) in [6.45, 7) is 0. The molecule has 0 heterocycles. The summed E-state index contributed by atoms with van der Waals surface area (Å²) >= 11 is 12.1. The van der Waals surface area contributed by atoms with Crippen molar-refractivity contribution in [3.05, 3.63) is 69.7 Å². The summed E-state index contributed by atoms with van der Waals surface area (Å²) in [5.41, 5.74) is 1.58. The fourth-order valence-electron chi connectivity index (χ4n) is 2.21. The molecule has 0 N–H and O–H groups in total. The van der Waals surface area contributed by atoms with Crippen molar-refractivity contribution in [2.75, 3.05) is 0 Å². The molecule has 0 amide bonds. The van der Waals surface area contributed by atoms with Gasteiger partial charge in [-0.2, -0.15) is 0 Å². The quantitative estimate of drug-likeness (QED) is 0.614. The van der Waals surface area contributed by atoms with Crippen molar-refractivity contribution < 1.29 is 9.59 Å². The molecule has 0 spiro atoms. The number of halogens is 2. The van der Waals surface area contributed by atoms with E-state index >= 15 is 0 Å². The van der Waals surface area contributed by atoms with Crippen LogP contribution in [-0.2, 0) is 9.59 Å². The van der Waals surface area contributed by atoms with Gasteiger partial charge >= 0.3 is 0 Å². The summed E-state index contributed by atoms with van der Waals surface area (Å²) in [6.07, 6.45) is 1.30. The van der Waals surface area contributed by atoms with Gasteiger partial charge in [-0.05, 0) is 23.3 Å². The summed E-state index contributed by atoms with van der Waals surface area (Å²) in [5, 5.41) is 0.958. The van der Waals surface area contributed by atoms with Crippen LogP contribution in [0.15, 0.2) is 48.5 Å². The van der Waals surface area contributed by atoms with Gasteiger partial charge in [-0.1, -0.05) is 59.6 Å². The molecule has 1 atom stereocenters. The minimum absolute atomic E-state index is 0.407. The maximum absolute atomic E-state index is 11.2. The molecule has 102 valence electrons. The second-order valence-corrected chi connectivity index (χ2v) is 5.25. The SMILES string of the molecule is O=CC(C=O)C(c1ccccc1)c1ccc(Cl)cc1Cl. The largest absolute Gasteiger partial charge is 0.303 e. The van der Waals surface area contributed by atoms with Gasteiger partial charge in [0.1, 0.15) is 12.6 Å². The number of hydrogen-bond donors (Lipinski definition) is 0. The van der Waals surface area contributed by atoms with Crippen LogP contribution < -0.4 is 0 Å². The maximum atomic E-state index is 11.2. The first-order chi connectivity index (χ1) is 9.67. The first-order valence-electron chi connectivity index (χ1n) is 6.08. The Morgan fingerprint density at radius 3 is 2.10 bits per heavy atom. The third-order valence-corrected chi connectivity index (χ3v) is 3.72. The van der Waals surface area contributed by atoms with Gasteiger partial charge < -0.3 is 9.59 Å². The standard InChI is InChI=1S/C16H12Cl2O2/c17-13-6-7-14(15(18)8-13)16(12(9-19)10-20)11-4-2-1-3-5-11/h1-10,12,16H. The second-order valence-electron chi connectivity index (χ2n) is 4.40. The van der Waals surface area contributed by atoms with E-state index in [4.69, 9.17) is 23.2 Å². The van der Waals surface area contributed by atoms with Gasteiger partial charge in [-0.15, -0.1) is 0 Å². The smallest absolute Gasteiger partial charge is 0.131 e. The summed E-state index contributed by atoms with van der Waals surface area (Å²) in [7, 11) is 0. The van der Waals surface area contributed by atoms with Crippen molar-refractivity contribution >= 4 is 35.8 Å². The van der Waals surface area contributed by atoms with Gasteiger partial charge in [0.2, 0.25) is 0 Å². The molecule has 4 heteroatoms. The zero-order valence-electron chi connectivity index (χ0n) is 10.5. The molecular formula is C16H12Cl2O2. The summed E-state index contributed by atoms with van der Waals surface area (Å²) < 4.78 is 0. The highest BCUT2D eigenvalue weighted by Gasteiger charge is 2.26. The fraction of sp³-hybridized carbons (Fsp3) is 0.125. The van der Waals surface area contributed by atoms with Crippen molar-refractivity contribution in [2.24, 2.45) is 5.92 Å². The minimum Gasteiger partial charge on any atom is -0.303 e. The Hall–Kier alpha value is -1.64. The van der Waals surface area contributed by atoms with Gasteiger partial charge in [0.25, 0.3) is 0 Å². The zero-order chi connectivity index (χ0) is 14.5. The zero-order valence-corrected chi connectivity index (χ0v) is 12.0. The Morgan fingerprint density at radius 2 is 1.55 bits per heavy atom. The third kappa shape index (κ3) is 3.09. The molecule has 0 saturated carbocycles. The van der Waals surface area contributed by atoms with Crippen LogP contribution in [0.5, 0.6) is 0 Å². The van der Waals surface area contributed by atoms with E-state index in [-0.39, 0.29) is 0 Å². The molecular weight excluding hydrogens is 295 g/mol. The van der Waals surface area contributed by atoms with E-state index in [1.54, 1.807) is 18.2 Å². The highest BCUT2D eigenvalue weighted by atomic mass is 35.5. The normalized spacial score (nSPS) is 12.2. The predicted octanol–water partition coefficient (Wildman–Crippen LogP) is 4.14. The lowest BCUT2D eigenvalue weighted by molar-refractivity contribution is -0.119. The first-order valence-corrected chi connectivity index (χ1v) is 6.83. The summed E-state index contributed by atoms with van der Waals surface area (Å²) in [6, 6.07) is 14.4. The van der Waals surface area contributed by atoms with Crippen LogP contribution in [0.1, 0.15) is 17.0 Å². The van der Waals surface area contributed by atoms with Crippen LogP contribution in [0.2, 0.25) is 10.0 Å². The number of rotatable bonds is 5. The molecule has 2 rings (SSSR count). The molecule has 0 fully saturated rings. The van der Waals surface area contributed by atoms with E-state index in [1.807, 2.05) is 30.3 Å². The highest BCUT2D eigenvalue weighted by Crippen LogP contribution is 2.36. The average molecular weight is 307 g/mol.